The summed E-state index contributed by atoms with van der Waals surface area (Å²) >= 11 is 1.54. The van der Waals surface area contributed by atoms with E-state index in [9.17, 15) is 14.7 Å². The van der Waals surface area contributed by atoms with Crippen LogP contribution in [0.15, 0.2) is 17.5 Å². The molecule has 19 heavy (non-hydrogen) atoms. The van der Waals surface area contributed by atoms with Crippen LogP contribution in [0.3, 0.4) is 0 Å². The summed E-state index contributed by atoms with van der Waals surface area (Å²) in [5.74, 6) is -1.38. The minimum absolute atomic E-state index is 0.116. The third kappa shape index (κ3) is 4.53. The quantitative estimate of drug-likeness (QED) is 0.634. The number of carboxylic acids is 1. The fraction of sp³-hybridized carbons (Fsp3) is 0.500. The fourth-order valence-corrected chi connectivity index (χ4v) is 2.26. The number of nitrogens with one attached hydrogen (secondary N) is 2. The van der Waals surface area contributed by atoms with E-state index in [1.54, 1.807) is 11.3 Å². The Morgan fingerprint density at radius 2 is 2.21 bits per heavy atom. The van der Waals surface area contributed by atoms with E-state index >= 15 is 0 Å². The van der Waals surface area contributed by atoms with Crippen LogP contribution in [0.25, 0.3) is 0 Å². The van der Waals surface area contributed by atoms with Crippen molar-refractivity contribution in [3.8, 4) is 0 Å². The van der Waals surface area contributed by atoms with Gasteiger partial charge in [-0.2, -0.15) is 0 Å². The molecule has 2 unspecified atom stereocenters. The molecule has 0 aromatic carbocycles. The number of hydrogen-bond donors (Lipinski definition) is 4. The van der Waals surface area contributed by atoms with Crippen molar-refractivity contribution in [3.05, 3.63) is 22.4 Å². The molecule has 1 heterocycles. The minimum atomic E-state index is -1.97. The lowest BCUT2D eigenvalue weighted by atomic mass is 10.1. The number of amides is 2. The lowest BCUT2D eigenvalue weighted by Gasteiger charge is -2.20. The molecule has 1 aromatic heterocycles. The molecule has 0 saturated carbocycles. The van der Waals surface area contributed by atoms with E-state index in [0.717, 1.165) is 18.2 Å². The van der Waals surface area contributed by atoms with E-state index in [4.69, 9.17) is 5.11 Å². The Hall–Kier alpha value is -1.60. The molecule has 1 aromatic rings. The smallest absolute Gasteiger partial charge is 0.337 e. The number of carbonyl (C=O) groups excluding carboxylic acids is 1. The third-order valence-corrected chi connectivity index (χ3v) is 3.64. The van der Waals surface area contributed by atoms with Crippen LogP contribution in [0.2, 0.25) is 0 Å². The van der Waals surface area contributed by atoms with Gasteiger partial charge in [-0.15, -0.1) is 11.3 Å². The average molecular weight is 286 g/mol. The van der Waals surface area contributed by atoms with E-state index in [1.165, 1.54) is 0 Å². The predicted molar refractivity (Wildman–Crippen MR) is 72.1 cm³/mol. The Bertz CT molecular complexity index is 431. The minimum Gasteiger partial charge on any atom is -0.479 e. The highest BCUT2D eigenvalue weighted by Gasteiger charge is 2.30. The second kappa shape index (κ2) is 6.53. The number of hydrogen-bond acceptors (Lipinski definition) is 4. The molecule has 0 radical (unpaired) electrons. The number of carbonyl (C=O) groups is 2. The molecular weight excluding hydrogens is 268 g/mol. The van der Waals surface area contributed by atoms with Crippen LogP contribution >= 0.6 is 11.3 Å². The molecule has 0 saturated heterocycles. The maximum absolute atomic E-state index is 11.7. The molecule has 0 spiro atoms. The maximum Gasteiger partial charge on any atom is 0.337 e. The van der Waals surface area contributed by atoms with Gasteiger partial charge in [0.15, 0.2) is 5.60 Å². The normalized spacial score (nSPS) is 15.3. The largest absolute Gasteiger partial charge is 0.479 e. The number of rotatable bonds is 6. The first kappa shape index (κ1) is 15.5. The van der Waals surface area contributed by atoms with Crippen molar-refractivity contribution in [2.24, 2.45) is 0 Å². The molecule has 0 aliphatic heterocycles. The SMILES string of the molecule is CCC(NC(=O)NCC(C)(O)C(=O)O)c1cccs1. The highest BCUT2D eigenvalue weighted by Crippen LogP contribution is 2.21. The second-order valence-corrected chi connectivity index (χ2v) is 5.36. The fourth-order valence-electron chi connectivity index (χ4n) is 1.40. The van der Waals surface area contributed by atoms with Crippen molar-refractivity contribution < 1.29 is 19.8 Å². The van der Waals surface area contributed by atoms with E-state index < -0.39 is 17.6 Å². The van der Waals surface area contributed by atoms with Crippen LogP contribution < -0.4 is 10.6 Å². The second-order valence-electron chi connectivity index (χ2n) is 4.38. The summed E-state index contributed by atoms with van der Waals surface area (Å²) in [4.78, 5) is 23.4. The Morgan fingerprint density at radius 1 is 1.53 bits per heavy atom. The van der Waals surface area contributed by atoms with Gasteiger partial charge >= 0.3 is 12.0 Å². The highest BCUT2D eigenvalue weighted by molar-refractivity contribution is 7.10. The monoisotopic (exact) mass is 286 g/mol. The first-order valence-corrected chi connectivity index (χ1v) is 6.78. The molecule has 106 valence electrons. The lowest BCUT2D eigenvalue weighted by Crippen LogP contribution is -2.49. The molecule has 0 bridgehead atoms. The maximum atomic E-state index is 11.7. The number of urea groups is 1. The average Bonchev–Trinajstić information content (AvgIpc) is 2.87. The molecular formula is C12H18N2O4S. The van der Waals surface area contributed by atoms with Crippen LogP contribution in [-0.2, 0) is 4.79 Å². The summed E-state index contributed by atoms with van der Waals surface area (Å²) in [6, 6.07) is 3.21. The van der Waals surface area contributed by atoms with E-state index in [2.05, 4.69) is 10.6 Å². The van der Waals surface area contributed by atoms with Crippen LogP contribution in [0.1, 0.15) is 31.2 Å². The van der Waals surface area contributed by atoms with Gasteiger partial charge in [0.1, 0.15) is 0 Å². The van der Waals surface area contributed by atoms with Crippen LogP contribution in [0.5, 0.6) is 0 Å². The highest BCUT2D eigenvalue weighted by atomic mass is 32.1. The summed E-state index contributed by atoms with van der Waals surface area (Å²) in [6.45, 7) is 2.72. The van der Waals surface area contributed by atoms with Crippen molar-refractivity contribution in [3.63, 3.8) is 0 Å². The van der Waals surface area contributed by atoms with Gasteiger partial charge in [-0.25, -0.2) is 9.59 Å². The van der Waals surface area contributed by atoms with Crippen LogP contribution in [0, 0.1) is 0 Å². The Balaban J connectivity index is 2.49. The van der Waals surface area contributed by atoms with Crippen molar-refractivity contribution in [1.82, 2.24) is 10.6 Å². The Labute approximate surface area is 115 Å². The third-order valence-electron chi connectivity index (χ3n) is 2.65. The van der Waals surface area contributed by atoms with Crippen molar-refractivity contribution in [1.29, 1.82) is 0 Å². The van der Waals surface area contributed by atoms with E-state index in [1.807, 2.05) is 24.4 Å². The molecule has 6 nitrogen and oxygen atoms in total. The summed E-state index contributed by atoms with van der Waals surface area (Å²) in [7, 11) is 0. The van der Waals surface area contributed by atoms with Crippen molar-refractivity contribution in [2.45, 2.75) is 31.9 Å². The standard InChI is InChI=1S/C12H18N2O4S/c1-3-8(9-5-4-6-19-9)14-11(17)13-7-12(2,18)10(15)16/h4-6,8,18H,3,7H2,1-2H3,(H,15,16)(H2,13,14,17). The molecule has 2 atom stereocenters. The van der Waals surface area contributed by atoms with Crippen LogP contribution in [-0.4, -0.2) is 34.4 Å². The summed E-state index contributed by atoms with van der Waals surface area (Å²) in [5.41, 5.74) is -1.97. The van der Waals surface area contributed by atoms with Crippen LogP contribution in [0.4, 0.5) is 4.79 Å². The molecule has 0 aliphatic rings. The van der Waals surface area contributed by atoms with Gasteiger partial charge in [-0.3, -0.25) is 0 Å². The Kier molecular flexibility index (Phi) is 5.31. The topological polar surface area (TPSA) is 98.7 Å². The van der Waals surface area contributed by atoms with E-state index in [0.29, 0.717) is 0 Å². The number of aliphatic hydroxyl groups is 1. The van der Waals surface area contributed by atoms with Gasteiger partial charge in [0, 0.05) is 4.88 Å². The summed E-state index contributed by atoms with van der Waals surface area (Å²) < 4.78 is 0. The summed E-state index contributed by atoms with van der Waals surface area (Å²) in [5, 5.41) is 25.2. The van der Waals surface area contributed by atoms with Gasteiger partial charge in [0.05, 0.1) is 12.6 Å². The zero-order valence-electron chi connectivity index (χ0n) is 10.8. The zero-order chi connectivity index (χ0) is 14.5. The first-order chi connectivity index (χ1) is 8.86. The van der Waals surface area contributed by atoms with Gasteiger partial charge in [0.25, 0.3) is 0 Å². The molecule has 0 fully saturated rings. The van der Waals surface area contributed by atoms with E-state index in [-0.39, 0.29) is 12.6 Å². The number of aliphatic carboxylic acids is 1. The molecule has 7 heteroatoms. The predicted octanol–water partition coefficient (Wildman–Crippen LogP) is 1.33. The molecule has 2 amide bonds. The van der Waals surface area contributed by atoms with Gasteiger partial charge < -0.3 is 20.8 Å². The van der Waals surface area contributed by atoms with Gasteiger partial charge in [-0.05, 0) is 24.8 Å². The summed E-state index contributed by atoms with van der Waals surface area (Å²) in [6.07, 6.45) is 0.725. The number of thiophene rings is 1. The van der Waals surface area contributed by atoms with Gasteiger partial charge in [0.2, 0.25) is 0 Å². The molecule has 0 aliphatic carbocycles. The Morgan fingerprint density at radius 3 is 2.68 bits per heavy atom. The molecule has 1 rings (SSSR count). The zero-order valence-corrected chi connectivity index (χ0v) is 11.7. The number of carboxylic acid groups (broad SMARTS) is 1. The van der Waals surface area contributed by atoms with Crippen molar-refractivity contribution in [2.75, 3.05) is 6.54 Å². The lowest BCUT2D eigenvalue weighted by molar-refractivity contribution is -0.155. The molecule has 4 N–H and O–H groups in total. The first-order valence-electron chi connectivity index (χ1n) is 5.90. The van der Waals surface area contributed by atoms with Crippen molar-refractivity contribution >= 4 is 23.3 Å². The van der Waals surface area contributed by atoms with Gasteiger partial charge in [-0.1, -0.05) is 13.0 Å².